The van der Waals surface area contributed by atoms with Crippen molar-refractivity contribution in [1.29, 1.82) is 0 Å². The van der Waals surface area contributed by atoms with E-state index in [1.165, 1.54) is 71.2 Å². The fourth-order valence-electron chi connectivity index (χ4n) is 4.63. The van der Waals surface area contributed by atoms with Crippen LogP contribution in [0.5, 0.6) is 0 Å². The van der Waals surface area contributed by atoms with Gasteiger partial charge in [0.05, 0.1) is 0 Å². The minimum Gasteiger partial charge on any atom is -0.301 e. The topological polar surface area (TPSA) is 6.48 Å². The number of hydrogen-bond donors (Lipinski definition) is 0. The molecular weight excluding hydrogens is 196 g/mol. The van der Waals surface area contributed by atoms with E-state index in [2.05, 4.69) is 9.80 Å². The molecule has 5 fully saturated rings. The fourth-order valence-corrected chi connectivity index (χ4v) is 4.63. The number of fused-ring (bicyclic) bond motifs is 2. The second-order valence-corrected chi connectivity index (χ2v) is 6.65. The summed E-state index contributed by atoms with van der Waals surface area (Å²) >= 11 is 0. The van der Waals surface area contributed by atoms with Gasteiger partial charge in [-0.15, -0.1) is 0 Å². The molecule has 4 saturated heterocycles. The molecule has 0 aromatic heterocycles. The lowest BCUT2D eigenvalue weighted by Crippen LogP contribution is -2.64. The Labute approximate surface area is 99.0 Å². The predicted molar refractivity (Wildman–Crippen MR) is 65.4 cm³/mol. The summed E-state index contributed by atoms with van der Waals surface area (Å²) in [5.41, 5.74) is 0.638. The maximum Gasteiger partial charge on any atom is 0.0366 e. The van der Waals surface area contributed by atoms with Crippen molar-refractivity contribution in [2.24, 2.45) is 11.8 Å². The van der Waals surface area contributed by atoms with Crippen LogP contribution in [0, 0.1) is 11.8 Å². The van der Waals surface area contributed by atoms with Crippen LogP contribution in [-0.2, 0) is 0 Å². The molecule has 90 valence electrons. The lowest BCUT2D eigenvalue weighted by atomic mass is 9.71. The van der Waals surface area contributed by atoms with Crippen molar-refractivity contribution in [3.8, 4) is 0 Å². The smallest absolute Gasteiger partial charge is 0.0366 e. The number of rotatable bonds is 2. The standard InChI is InChI=1S/C14H24N2/c1-6-14(16(7-1)10-12-2-3-12)11-15-8-4-13(14)5-9-15/h12-13H,1-11H2. The van der Waals surface area contributed by atoms with E-state index in [1.54, 1.807) is 0 Å². The van der Waals surface area contributed by atoms with Crippen molar-refractivity contribution in [2.45, 2.75) is 44.1 Å². The molecule has 5 aliphatic rings. The predicted octanol–water partition coefficient (Wildman–Crippen LogP) is 1.96. The summed E-state index contributed by atoms with van der Waals surface area (Å²) in [5, 5.41) is 0. The van der Waals surface area contributed by atoms with Gasteiger partial charge >= 0.3 is 0 Å². The molecule has 2 nitrogen and oxygen atoms in total. The molecule has 4 heterocycles. The van der Waals surface area contributed by atoms with Crippen LogP contribution in [0.2, 0.25) is 0 Å². The molecule has 0 aromatic carbocycles. The van der Waals surface area contributed by atoms with Gasteiger partial charge < -0.3 is 4.90 Å². The Morgan fingerprint density at radius 2 is 1.81 bits per heavy atom. The van der Waals surface area contributed by atoms with E-state index < -0.39 is 0 Å². The minimum absolute atomic E-state index is 0.638. The van der Waals surface area contributed by atoms with Crippen LogP contribution >= 0.6 is 0 Å². The molecule has 0 amide bonds. The summed E-state index contributed by atoms with van der Waals surface area (Å²) < 4.78 is 0. The maximum atomic E-state index is 2.92. The van der Waals surface area contributed by atoms with Gasteiger partial charge in [0.2, 0.25) is 0 Å². The average molecular weight is 220 g/mol. The molecule has 1 aliphatic carbocycles. The third-order valence-corrected chi connectivity index (χ3v) is 5.69. The molecule has 4 aliphatic heterocycles. The maximum absolute atomic E-state index is 2.92. The molecule has 16 heavy (non-hydrogen) atoms. The molecule has 1 saturated carbocycles. The minimum atomic E-state index is 0.638. The lowest BCUT2D eigenvalue weighted by molar-refractivity contribution is -0.0523. The van der Waals surface area contributed by atoms with Crippen molar-refractivity contribution in [3.63, 3.8) is 0 Å². The SMILES string of the molecule is C1CN(CC2CC2)C2(C1)CN1CCC2CC1. The van der Waals surface area contributed by atoms with Crippen LogP contribution in [0.25, 0.3) is 0 Å². The molecule has 5 rings (SSSR count). The number of piperidine rings is 3. The van der Waals surface area contributed by atoms with E-state index in [1.807, 2.05) is 0 Å². The number of likely N-dealkylation sites (tertiary alicyclic amines) is 1. The fraction of sp³-hybridized carbons (Fsp3) is 1.00. The van der Waals surface area contributed by atoms with E-state index in [4.69, 9.17) is 0 Å². The highest BCUT2D eigenvalue weighted by atomic mass is 15.3. The van der Waals surface area contributed by atoms with Crippen LogP contribution in [0.3, 0.4) is 0 Å². The van der Waals surface area contributed by atoms with Crippen molar-refractivity contribution in [2.75, 3.05) is 32.7 Å². The van der Waals surface area contributed by atoms with Gasteiger partial charge in [-0.05, 0) is 70.0 Å². The van der Waals surface area contributed by atoms with Gasteiger partial charge in [0.25, 0.3) is 0 Å². The summed E-state index contributed by atoms with van der Waals surface area (Å²) in [4.78, 5) is 5.66. The van der Waals surface area contributed by atoms with Gasteiger partial charge in [0, 0.05) is 18.6 Å². The highest BCUT2D eigenvalue weighted by molar-refractivity contribution is 5.08. The zero-order chi connectivity index (χ0) is 10.6. The van der Waals surface area contributed by atoms with Crippen LogP contribution in [-0.4, -0.2) is 48.1 Å². The Morgan fingerprint density at radius 1 is 1.00 bits per heavy atom. The third kappa shape index (κ3) is 1.39. The van der Waals surface area contributed by atoms with Crippen LogP contribution in [0.4, 0.5) is 0 Å². The second kappa shape index (κ2) is 3.46. The molecule has 2 heteroatoms. The zero-order valence-corrected chi connectivity index (χ0v) is 10.3. The van der Waals surface area contributed by atoms with Crippen LogP contribution in [0.15, 0.2) is 0 Å². The summed E-state index contributed by atoms with van der Waals surface area (Å²) in [6, 6.07) is 0. The first-order valence-electron chi connectivity index (χ1n) is 7.34. The molecule has 2 bridgehead atoms. The molecule has 0 radical (unpaired) electrons. The monoisotopic (exact) mass is 220 g/mol. The molecular formula is C14H24N2. The van der Waals surface area contributed by atoms with Gasteiger partial charge in [-0.1, -0.05) is 0 Å². The first-order valence-corrected chi connectivity index (χ1v) is 7.34. The normalized spacial score (nSPS) is 48.0. The summed E-state index contributed by atoms with van der Waals surface area (Å²) in [6.07, 6.45) is 8.97. The molecule has 1 atom stereocenters. The Balaban J connectivity index is 1.58. The van der Waals surface area contributed by atoms with Crippen LogP contribution in [0.1, 0.15) is 38.5 Å². The summed E-state index contributed by atoms with van der Waals surface area (Å²) in [7, 11) is 0. The van der Waals surface area contributed by atoms with E-state index in [0.717, 1.165) is 11.8 Å². The van der Waals surface area contributed by atoms with E-state index in [-0.39, 0.29) is 0 Å². The molecule has 1 unspecified atom stereocenters. The first-order chi connectivity index (χ1) is 7.87. The van der Waals surface area contributed by atoms with Gasteiger partial charge in [-0.3, -0.25) is 4.90 Å². The molecule has 1 spiro atoms. The Bertz CT molecular complexity index is 278. The third-order valence-electron chi connectivity index (χ3n) is 5.69. The van der Waals surface area contributed by atoms with E-state index >= 15 is 0 Å². The molecule has 0 N–H and O–H groups in total. The quantitative estimate of drug-likeness (QED) is 0.702. The van der Waals surface area contributed by atoms with Gasteiger partial charge in [-0.2, -0.15) is 0 Å². The van der Waals surface area contributed by atoms with Gasteiger partial charge in [0.1, 0.15) is 0 Å². The summed E-state index contributed by atoms with van der Waals surface area (Å²) in [6.45, 7) is 7.03. The van der Waals surface area contributed by atoms with Crippen molar-refractivity contribution in [1.82, 2.24) is 9.80 Å². The van der Waals surface area contributed by atoms with Gasteiger partial charge in [-0.25, -0.2) is 0 Å². The van der Waals surface area contributed by atoms with Gasteiger partial charge in [0.15, 0.2) is 0 Å². The van der Waals surface area contributed by atoms with Crippen molar-refractivity contribution >= 4 is 0 Å². The average Bonchev–Trinajstić information content (AvgIpc) is 3.06. The summed E-state index contributed by atoms with van der Waals surface area (Å²) in [5.74, 6) is 2.11. The highest BCUT2D eigenvalue weighted by Crippen LogP contribution is 2.47. The number of hydrogen-bond acceptors (Lipinski definition) is 2. The Morgan fingerprint density at radius 3 is 2.44 bits per heavy atom. The Hall–Kier alpha value is -0.0800. The lowest BCUT2D eigenvalue weighted by Gasteiger charge is -2.55. The zero-order valence-electron chi connectivity index (χ0n) is 10.3. The number of nitrogens with zero attached hydrogens (tertiary/aromatic N) is 2. The first kappa shape index (κ1) is 9.90. The van der Waals surface area contributed by atoms with Crippen molar-refractivity contribution in [3.05, 3.63) is 0 Å². The van der Waals surface area contributed by atoms with E-state index in [9.17, 15) is 0 Å². The van der Waals surface area contributed by atoms with Crippen molar-refractivity contribution < 1.29 is 0 Å². The Kier molecular flexibility index (Phi) is 2.14. The second-order valence-electron chi connectivity index (χ2n) is 6.65. The van der Waals surface area contributed by atoms with E-state index in [0.29, 0.717) is 5.54 Å². The molecule has 0 aromatic rings. The largest absolute Gasteiger partial charge is 0.301 e. The highest BCUT2D eigenvalue weighted by Gasteiger charge is 2.52. The van der Waals surface area contributed by atoms with Crippen LogP contribution < -0.4 is 0 Å².